The zero-order valence-corrected chi connectivity index (χ0v) is 16.8. The Morgan fingerprint density at radius 1 is 1.46 bits per heavy atom. The highest BCUT2D eigenvalue weighted by molar-refractivity contribution is 8.01. The van der Waals surface area contributed by atoms with Gasteiger partial charge >= 0.3 is 0 Å². The van der Waals surface area contributed by atoms with Gasteiger partial charge in [-0.2, -0.15) is 0 Å². The van der Waals surface area contributed by atoms with Crippen LogP contribution < -0.4 is 10.6 Å². The van der Waals surface area contributed by atoms with E-state index >= 15 is 0 Å². The molecular formula is C17H21ClN4O2S2. The SMILES string of the molecule is CC(NC(=O)CSc1nnc(NCC2CCCO2)s1)c1ccccc1Cl. The van der Waals surface area contributed by atoms with E-state index in [0.717, 1.165) is 41.0 Å². The lowest BCUT2D eigenvalue weighted by atomic mass is 10.1. The van der Waals surface area contributed by atoms with Crippen molar-refractivity contribution in [1.82, 2.24) is 15.5 Å². The van der Waals surface area contributed by atoms with Crippen LogP contribution in [-0.2, 0) is 9.53 Å². The molecule has 1 aliphatic heterocycles. The maximum atomic E-state index is 12.2. The molecule has 1 aromatic carbocycles. The zero-order valence-electron chi connectivity index (χ0n) is 14.4. The molecule has 2 N–H and O–H groups in total. The number of nitrogens with zero attached hydrogens (tertiary/aromatic N) is 2. The number of ether oxygens (including phenoxy) is 1. The minimum atomic E-state index is -0.144. The Bertz CT molecular complexity index is 737. The Morgan fingerprint density at radius 3 is 3.08 bits per heavy atom. The van der Waals surface area contributed by atoms with Gasteiger partial charge in [0.1, 0.15) is 0 Å². The van der Waals surface area contributed by atoms with E-state index in [9.17, 15) is 4.79 Å². The maximum Gasteiger partial charge on any atom is 0.230 e. The second kappa shape index (κ2) is 9.55. The molecule has 1 aliphatic rings. The van der Waals surface area contributed by atoms with Crippen molar-refractivity contribution < 1.29 is 9.53 Å². The molecule has 0 spiro atoms. The number of thioether (sulfide) groups is 1. The Morgan fingerprint density at radius 2 is 2.31 bits per heavy atom. The molecule has 26 heavy (non-hydrogen) atoms. The van der Waals surface area contributed by atoms with E-state index in [-0.39, 0.29) is 23.8 Å². The number of hydrogen-bond donors (Lipinski definition) is 2. The van der Waals surface area contributed by atoms with Gasteiger partial charge in [-0.25, -0.2) is 0 Å². The maximum absolute atomic E-state index is 12.2. The quantitative estimate of drug-likeness (QED) is 0.643. The Kier molecular flexibility index (Phi) is 7.13. The van der Waals surface area contributed by atoms with Crippen molar-refractivity contribution in [2.24, 2.45) is 0 Å². The molecule has 1 fully saturated rings. The minimum absolute atomic E-state index is 0.0634. The molecule has 0 saturated carbocycles. The van der Waals surface area contributed by atoms with Crippen molar-refractivity contribution in [3.05, 3.63) is 34.9 Å². The van der Waals surface area contributed by atoms with Crippen molar-refractivity contribution in [3.8, 4) is 0 Å². The fraction of sp³-hybridized carbons (Fsp3) is 0.471. The highest BCUT2D eigenvalue weighted by Gasteiger charge is 2.16. The van der Waals surface area contributed by atoms with E-state index in [1.807, 2.05) is 31.2 Å². The Balaban J connectivity index is 1.42. The van der Waals surface area contributed by atoms with Crippen LogP contribution in [0.25, 0.3) is 0 Å². The van der Waals surface area contributed by atoms with Crippen molar-refractivity contribution in [2.45, 2.75) is 36.3 Å². The zero-order chi connectivity index (χ0) is 18.4. The molecule has 0 aliphatic carbocycles. The van der Waals surface area contributed by atoms with Gasteiger partial charge in [0.05, 0.1) is 17.9 Å². The van der Waals surface area contributed by atoms with E-state index < -0.39 is 0 Å². The lowest BCUT2D eigenvalue weighted by molar-refractivity contribution is -0.119. The van der Waals surface area contributed by atoms with Crippen molar-refractivity contribution >= 4 is 45.7 Å². The number of nitrogens with one attached hydrogen (secondary N) is 2. The van der Waals surface area contributed by atoms with Gasteiger partial charge in [0.25, 0.3) is 0 Å². The standard InChI is InChI=1S/C17H21ClN4O2S2/c1-11(13-6-2-3-7-14(13)18)20-15(23)10-25-17-22-21-16(26-17)19-9-12-5-4-8-24-12/h2-3,6-7,11-12H,4-5,8-10H2,1H3,(H,19,21)(H,20,23). The lowest BCUT2D eigenvalue weighted by Gasteiger charge is -2.15. The summed E-state index contributed by atoms with van der Waals surface area (Å²) < 4.78 is 6.33. The van der Waals surface area contributed by atoms with Crippen LogP contribution in [0.3, 0.4) is 0 Å². The summed E-state index contributed by atoms with van der Waals surface area (Å²) in [5, 5.41) is 15.8. The third-order valence-electron chi connectivity index (χ3n) is 3.99. The van der Waals surface area contributed by atoms with Crippen LogP contribution in [0.5, 0.6) is 0 Å². The Labute approximate surface area is 166 Å². The second-order valence-electron chi connectivity index (χ2n) is 5.99. The molecule has 9 heteroatoms. The minimum Gasteiger partial charge on any atom is -0.376 e. The molecule has 2 aromatic rings. The van der Waals surface area contributed by atoms with Crippen LogP contribution in [0.4, 0.5) is 5.13 Å². The first-order chi connectivity index (χ1) is 12.6. The molecule has 1 amide bonds. The van der Waals surface area contributed by atoms with Gasteiger partial charge in [-0.05, 0) is 31.4 Å². The summed E-state index contributed by atoms with van der Waals surface area (Å²) in [6.07, 6.45) is 2.45. The summed E-state index contributed by atoms with van der Waals surface area (Å²) in [6, 6.07) is 7.37. The topological polar surface area (TPSA) is 76.1 Å². The van der Waals surface area contributed by atoms with E-state index in [1.165, 1.54) is 23.1 Å². The number of rotatable bonds is 8. The fourth-order valence-corrected chi connectivity index (χ4v) is 4.53. The van der Waals surface area contributed by atoms with Crippen LogP contribution in [0.15, 0.2) is 28.6 Å². The monoisotopic (exact) mass is 412 g/mol. The van der Waals surface area contributed by atoms with Gasteiger partial charge in [0.15, 0.2) is 4.34 Å². The van der Waals surface area contributed by atoms with Crippen LogP contribution in [0, 0.1) is 0 Å². The van der Waals surface area contributed by atoms with Gasteiger partial charge in [0.2, 0.25) is 11.0 Å². The van der Waals surface area contributed by atoms with Gasteiger partial charge in [-0.3, -0.25) is 4.79 Å². The molecular weight excluding hydrogens is 392 g/mol. The summed E-state index contributed by atoms with van der Waals surface area (Å²) >= 11 is 8.99. The van der Waals surface area contributed by atoms with Crippen molar-refractivity contribution in [3.63, 3.8) is 0 Å². The molecule has 2 heterocycles. The first kappa shape index (κ1) is 19.4. The molecule has 0 bridgehead atoms. The molecule has 140 valence electrons. The molecule has 0 radical (unpaired) electrons. The number of halogens is 1. The summed E-state index contributed by atoms with van der Waals surface area (Å²) in [6.45, 7) is 3.50. The van der Waals surface area contributed by atoms with Gasteiger partial charge in [-0.1, -0.05) is 52.9 Å². The number of benzene rings is 1. The van der Waals surface area contributed by atoms with E-state index in [4.69, 9.17) is 16.3 Å². The first-order valence-electron chi connectivity index (χ1n) is 8.47. The fourth-order valence-electron chi connectivity index (χ4n) is 2.66. The average molecular weight is 413 g/mol. The van der Waals surface area contributed by atoms with Crippen molar-refractivity contribution in [1.29, 1.82) is 0 Å². The van der Waals surface area contributed by atoms with E-state index in [0.29, 0.717) is 5.02 Å². The van der Waals surface area contributed by atoms with Gasteiger partial charge in [-0.15, -0.1) is 10.2 Å². The smallest absolute Gasteiger partial charge is 0.230 e. The highest BCUT2D eigenvalue weighted by Crippen LogP contribution is 2.26. The lowest BCUT2D eigenvalue weighted by Crippen LogP contribution is -2.28. The molecule has 6 nitrogen and oxygen atoms in total. The number of aromatic nitrogens is 2. The summed E-state index contributed by atoms with van der Waals surface area (Å²) in [7, 11) is 0. The van der Waals surface area contributed by atoms with Crippen LogP contribution >= 0.6 is 34.7 Å². The summed E-state index contributed by atoms with van der Waals surface area (Å²) in [4.78, 5) is 12.2. The van der Waals surface area contributed by atoms with E-state index in [2.05, 4.69) is 20.8 Å². The predicted molar refractivity (Wildman–Crippen MR) is 106 cm³/mol. The van der Waals surface area contributed by atoms with Crippen molar-refractivity contribution in [2.75, 3.05) is 24.2 Å². The number of amides is 1. The van der Waals surface area contributed by atoms with Gasteiger partial charge < -0.3 is 15.4 Å². The normalized spacial score (nSPS) is 17.8. The number of anilines is 1. The molecule has 2 unspecified atom stereocenters. The molecule has 2 atom stereocenters. The van der Waals surface area contributed by atoms with E-state index in [1.54, 1.807) is 0 Å². The van der Waals surface area contributed by atoms with Crippen LogP contribution in [-0.4, -0.2) is 41.1 Å². The predicted octanol–water partition coefficient (Wildman–Crippen LogP) is 3.75. The number of carbonyl (C=O) groups is 1. The van der Waals surface area contributed by atoms with Crippen LogP contribution in [0.2, 0.25) is 5.02 Å². The van der Waals surface area contributed by atoms with Crippen LogP contribution in [0.1, 0.15) is 31.4 Å². The largest absolute Gasteiger partial charge is 0.376 e. The third kappa shape index (κ3) is 5.57. The highest BCUT2D eigenvalue weighted by atomic mass is 35.5. The summed E-state index contributed by atoms with van der Waals surface area (Å²) in [5.41, 5.74) is 0.907. The average Bonchev–Trinajstić information content (AvgIpc) is 3.30. The molecule has 1 saturated heterocycles. The number of hydrogen-bond acceptors (Lipinski definition) is 7. The molecule has 1 aromatic heterocycles. The summed E-state index contributed by atoms with van der Waals surface area (Å²) in [5.74, 6) is 0.223. The third-order valence-corrected chi connectivity index (χ3v) is 6.35. The molecule has 3 rings (SSSR count). The first-order valence-corrected chi connectivity index (χ1v) is 10.7. The second-order valence-corrected chi connectivity index (χ2v) is 8.60. The van der Waals surface area contributed by atoms with Gasteiger partial charge in [0, 0.05) is 18.2 Å². The Hall–Kier alpha value is -1.35. The number of carbonyl (C=O) groups excluding carboxylic acids is 1.